The molecule has 4 saturated heterocycles. The maximum Gasteiger partial charge on any atom is 0.242 e. The molecule has 4 bridgehead atoms. The van der Waals surface area contributed by atoms with E-state index < -0.39 is 31.0 Å². The Morgan fingerprint density at radius 1 is 0.926 bits per heavy atom. The molecule has 4 rings (SSSR count). The van der Waals surface area contributed by atoms with Gasteiger partial charge in [-0.05, 0) is 12.8 Å². The number of hydrogen-bond donors (Lipinski definition) is 7. The Labute approximate surface area is 160 Å². The molecular formula is C19H36N2O6+2. The number of ketones is 1. The molecule has 4 fully saturated rings. The van der Waals surface area contributed by atoms with Crippen molar-refractivity contribution < 1.29 is 40.1 Å². The number of carbonyl (C=O) groups is 1. The molecule has 0 aromatic rings. The average molecular weight is 389 g/mol. The topological polar surface area (TPSA) is 127 Å². The maximum atomic E-state index is 13.4. The third-order valence-electron chi connectivity index (χ3n) is 7.18. The fourth-order valence-corrected chi connectivity index (χ4v) is 6.36. The monoisotopic (exact) mass is 388 g/mol. The SMILES string of the molecule is CCCC12C[NH+]3CC(CCC)(C[NH+](C1)C3[C@@H](O)[C@@H](O)[C@H](O)[C@H](O)CO)C2=O. The van der Waals surface area contributed by atoms with Gasteiger partial charge in [0.1, 0.15) is 55.3 Å². The van der Waals surface area contributed by atoms with E-state index in [2.05, 4.69) is 13.8 Å². The van der Waals surface area contributed by atoms with Crippen molar-refractivity contribution in [3.8, 4) is 0 Å². The molecule has 4 aliphatic heterocycles. The van der Waals surface area contributed by atoms with Crippen molar-refractivity contribution >= 4 is 5.78 Å². The Balaban J connectivity index is 1.86. The number of Topliss-reactive ketones (excluding diaryl/α,β-unsaturated/α-hetero) is 1. The van der Waals surface area contributed by atoms with Crippen LogP contribution in [0, 0.1) is 10.8 Å². The Morgan fingerprint density at radius 3 is 1.74 bits per heavy atom. The molecule has 0 spiro atoms. The lowest BCUT2D eigenvalue weighted by molar-refractivity contribution is -1.17. The van der Waals surface area contributed by atoms with Gasteiger partial charge < -0.3 is 25.5 Å². The number of quaternary nitrogens is 2. The lowest BCUT2D eigenvalue weighted by Gasteiger charge is -2.61. The van der Waals surface area contributed by atoms with Crippen LogP contribution in [0.5, 0.6) is 0 Å². The minimum absolute atomic E-state index is 0.344. The van der Waals surface area contributed by atoms with Crippen LogP contribution in [-0.4, -0.2) is 94.7 Å². The number of nitrogens with one attached hydrogen (secondary N) is 2. The molecule has 156 valence electrons. The second-order valence-corrected chi connectivity index (χ2v) is 9.11. The van der Waals surface area contributed by atoms with Crippen LogP contribution in [0.2, 0.25) is 0 Å². The van der Waals surface area contributed by atoms with Crippen molar-refractivity contribution in [2.45, 2.75) is 70.1 Å². The predicted octanol–water partition coefficient (Wildman–Crippen LogP) is -4.30. The molecule has 4 atom stereocenters. The van der Waals surface area contributed by atoms with E-state index in [9.17, 15) is 25.2 Å². The summed E-state index contributed by atoms with van der Waals surface area (Å²) in [6.45, 7) is 6.12. The van der Waals surface area contributed by atoms with E-state index in [4.69, 9.17) is 5.11 Å². The van der Waals surface area contributed by atoms with Gasteiger partial charge in [0.05, 0.1) is 6.61 Å². The molecule has 0 saturated carbocycles. The van der Waals surface area contributed by atoms with Crippen LogP contribution in [0.1, 0.15) is 39.5 Å². The summed E-state index contributed by atoms with van der Waals surface area (Å²) in [5, 5.41) is 49.9. The van der Waals surface area contributed by atoms with Gasteiger partial charge in [0, 0.05) is 0 Å². The Kier molecular flexibility index (Phi) is 5.99. The van der Waals surface area contributed by atoms with Gasteiger partial charge in [-0.1, -0.05) is 26.7 Å². The van der Waals surface area contributed by atoms with Crippen molar-refractivity contribution in [1.82, 2.24) is 0 Å². The highest BCUT2D eigenvalue weighted by molar-refractivity contribution is 5.92. The molecule has 0 aromatic carbocycles. The van der Waals surface area contributed by atoms with Gasteiger partial charge >= 0.3 is 0 Å². The smallest absolute Gasteiger partial charge is 0.242 e. The summed E-state index contributed by atoms with van der Waals surface area (Å²) in [5.41, 5.74) is -0.703. The van der Waals surface area contributed by atoms with E-state index >= 15 is 0 Å². The fourth-order valence-electron chi connectivity index (χ4n) is 6.36. The quantitative estimate of drug-likeness (QED) is 0.214. The van der Waals surface area contributed by atoms with Gasteiger partial charge in [-0.25, -0.2) is 0 Å². The molecule has 0 aliphatic carbocycles. The third-order valence-corrected chi connectivity index (χ3v) is 7.18. The molecule has 27 heavy (non-hydrogen) atoms. The Bertz CT molecular complexity index is 514. The fraction of sp³-hybridized carbons (Fsp3) is 0.947. The van der Waals surface area contributed by atoms with E-state index in [1.807, 2.05) is 0 Å². The van der Waals surface area contributed by atoms with Gasteiger partial charge in [-0.15, -0.1) is 0 Å². The molecule has 0 aromatic heterocycles. The van der Waals surface area contributed by atoms with E-state index in [0.29, 0.717) is 32.0 Å². The Morgan fingerprint density at radius 2 is 1.37 bits per heavy atom. The van der Waals surface area contributed by atoms with Gasteiger partial charge in [0.25, 0.3) is 0 Å². The second kappa shape index (κ2) is 7.67. The van der Waals surface area contributed by atoms with Crippen LogP contribution in [0.3, 0.4) is 0 Å². The number of aliphatic hydroxyl groups is 5. The lowest BCUT2D eigenvalue weighted by Crippen LogP contribution is -3.46. The molecule has 7 N–H and O–H groups in total. The van der Waals surface area contributed by atoms with Crippen LogP contribution < -0.4 is 9.80 Å². The third kappa shape index (κ3) is 3.25. The first-order valence-electron chi connectivity index (χ1n) is 10.3. The van der Waals surface area contributed by atoms with Crippen molar-refractivity contribution in [1.29, 1.82) is 0 Å². The zero-order valence-electron chi connectivity index (χ0n) is 16.4. The number of rotatable bonds is 9. The van der Waals surface area contributed by atoms with Crippen LogP contribution in [0.15, 0.2) is 0 Å². The highest BCUT2D eigenvalue weighted by Gasteiger charge is 2.71. The van der Waals surface area contributed by atoms with E-state index in [1.165, 1.54) is 0 Å². The van der Waals surface area contributed by atoms with Crippen molar-refractivity contribution in [3.05, 3.63) is 0 Å². The summed E-state index contributed by atoms with van der Waals surface area (Å²) < 4.78 is 0. The van der Waals surface area contributed by atoms with E-state index in [-0.39, 0.29) is 17.0 Å². The Hall–Kier alpha value is -0.610. The minimum Gasteiger partial charge on any atom is -0.394 e. The van der Waals surface area contributed by atoms with Gasteiger partial charge in [-0.2, -0.15) is 0 Å². The molecule has 8 heteroatoms. The summed E-state index contributed by atoms with van der Waals surface area (Å²) in [5.74, 6) is 0.399. The van der Waals surface area contributed by atoms with Gasteiger partial charge in [-0.3, -0.25) is 14.6 Å². The normalized spacial score (nSPS) is 42.2. The maximum absolute atomic E-state index is 13.4. The second-order valence-electron chi connectivity index (χ2n) is 9.11. The van der Waals surface area contributed by atoms with Crippen LogP contribution in [0.4, 0.5) is 0 Å². The molecular weight excluding hydrogens is 352 g/mol. The van der Waals surface area contributed by atoms with Crippen molar-refractivity contribution in [2.24, 2.45) is 10.8 Å². The first kappa shape index (κ1) is 21.1. The predicted molar refractivity (Wildman–Crippen MR) is 96.0 cm³/mol. The summed E-state index contributed by atoms with van der Waals surface area (Å²) in [4.78, 5) is 15.6. The summed E-state index contributed by atoms with van der Waals surface area (Å²) in [6, 6.07) is 0. The molecule has 0 unspecified atom stereocenters. The standard InChI is InChI=1S/C19H34N2O6/c1-3-5-18-8-20-10-19(6-4-2,17(18)27)11-21(9-18)16(20)15(26)14(25)13(24)12(23)7-22/h12-16,22-26H,3-11H2,1-2H3/p+2/t12-,13-,14+,15+,16?,18?,19?/m1/s1. The molecule has 4 heterocycles. The van der Waals surface area contributed by atoms with Gasteiger partial charge in [0.15, 0.2) is 11.9 Å². The number of carbonyl (C=O) groups excluding carboxylic acids is 1. The van der Waals surface area contributed by atoms with Crippen LogP contribution in [-0.2, 0) is 4.79 Å². The van der Waals surface area contributed by atoms with Crippen LogP contribution >= 0.6 is 0 Å². The average Bonchev–Trinajstić information content (AvgIpc) is 2.63. The van der Waals surface area contributed by atoms with Crippen LogP contribution in [0.25, 0.3) is 0 Å². The minimum atomic E-state index is -1.61. The summed E-state index contributed by atoms with van der Waals surface area (Å²) >= 11 is 0. The van der Waals surface area contributed by atoms with E-state index in [1.54, 1.807) is 0 Å². The zero-order valence-corrected chi connectivity index (χ0v) is 16.4. The van der Waals surface area contributed by atoms with Crippen molar-refractivity contribution in [3.63, 3.8) is 0 Å². The highest BCUT2D eigenvalue weighted by atomic mass is 16.4. The largest absolute Gasteiger partial charge is 0.394 e. The van der Waals surface area contributed by atoms with E-state index in [0.717, 1.165) is 35.5 Å². The first-order valence-corrected chi connectivity index (χ1v) is 10.3. The molecule has 4 aliphatic rings. The zero-order chi connectivity index (χ0) is 20.0. The number of piperidine rings is 2. The summed E-state index contributed by atoms with van der Waals surface area (Å²) in [6.07, 6.45) is -2.67. The lowest BCUT2D eigenvalue weighted by atomic mass is 9.57. The number of aliphatic hydroxyl groups excluding tert-OH is 5. The van der Waals surface area contributed by atoms with Crippen molar-refractivity contribution in [2.75, 3.05) is 32.8 Å². The molecule has 8 nitrogen and oxygen atoms in total. The molecule has 0 radical (unpaired) electrons. The van der Waals surface area contributed by atoms with Gasteiger partial charge in [0.2, 0.25) is 6.17 Å². The first-order chi connectivity index (χ1) is 12.7. The summed E-state index contributed by atoms with van der Waals surface area (Å²) in [7, 11) is 0. The molecule has 0 amide bonds. The highest BCUT2D eigenvalue weighted by Crippen LogP contribution is 2.41. The number of hydrogen-bond acceptors (Lipinski definition) is 6.